The fraction of sp³-hybridized carbons (Fsp3) is 0.500. The van der Waals surface area contributed by atoms with Crippen LogP contribution < -0.4 is 5.32 Å². The highest BCUT2D eigenvalue weighted by molar-refractivity contribution is 5.81. The first-order valence-electron chi connectivity index (χ1n) is 6.46. The third-order valence-corrected chi connectivity index (χ3v) is 3.11. The second-order valence-corrected chi connectivity index (χ2v) is 4.40. The Kier molecular flexibility index (Phi) is 4.73. The molecule has 0 bridgehead atoms. The zero-order valence-electron chi connectivity index (χ0n) is 10.8. The molecule has 0 aliphatic carbocycles. The van der Waals surface area contributed by atoms with Crippen LogP contribution in [-0.2, 0) is 16.1 Å². The van der Waals surface area contributed by atoms with Crippen molar-refractivity contribution >= 4 is 5.91 Å². The van der Waals surface area contributed by atoms with E-state index in [-0.39, 0.29) is 12.0 Å². The minimum atomic E-state index is -0.331. The van der Waals surface area contributed by atoms with Crippen LogP contribution in [0.4, 0.5) is 0 Å². The SMILES string of the molecule is CCN(Cc1ccccc1)C(=O)C1CNCCO1. The van der Waals surface area contributed by atoms with E-state index in [4.69, 9.17) is 4.74 Å². The molecule has 1 aliphatic rings. The van der Waals surface area contributed by atoms with Crippen LogP contribution >= 0.6 is 0 Å². The normalized spacial score (nSPS) is 19.5. The van der Waals surface area contributed by atoms with E-state index < -0.39 is 0 Å². The molecule has 1 amide bonds. The average Bonchev–Trinajstić information content (AvgIpc) is 2.46. The van der Waals surface area contributed by atoms with Crippen LogP contribution in [0, 0.1) is 0 Å². The molecule has 0 radical (unpaired) electrons. The van der Waals surface area contributed by atoms with E-state index in [1.807, 2.05) is 42.2 Å². The number of carbonyl (C=O) groups excluding carboxylic acids is 1. The van der Waals surface area contributed by atoms with E-state index in [0.717, 1.165) is 12.1 Å². The number of nitrogens with zero attached hydrogens (tertiary/aromatic N) is 1. The molecule has 18 heavy (non-hydrogen) atoms. The molecule has 1 saturated heterocycles. The molecular weight excluding hydrogens is 228 g/mol. The van der Waals surface area contributed by atoms with Gasteiger partial charge in [-0.05, 0) is 12.5 Å². The van der Waals surface area contributed by atoms with Crippen molar-refractivity contribution in [3.63, 3.8) is 0 Å². The Morgan fingerprint density at radius 3 is 2.83 bits per heavy atom. The molecule has 4 nitrogen and oxygen atoms in total. The summed E-state index contributed by atoms with van der Waals surface area (Å²) in [7, 11) is 0. The number of amides is 1. The maximum absolute atomic E-state index is 12.3. The van der Waals surface area contributed by atoms with Crippen LogP contribution in [0.3, 0.4) is 0 Å². The zero-order chi connectivity index (χ0) is 12.8. The van der Waals surface area contributed by atoms with Gasteiger partial charge in [-0.2, -0.15) is 0 Å². The molecule has 98 valence electrons. The molecule has 0 spiro atoms. The standard InChI is InChI=1S/C14H20N2O2/c1-2-16(11-12-6-4-3-5-7-12)14(17)13-10-15-8-9-18-13/h3-7,13,15H,2,8-11H2,1H3. The van der Waals surface area contributed by atoms with Crippen LogP contribution in [0.25, 0.3) is 0 Å². The van der Waals surface area contributed by atoms with Crippen LogP contribution in [0.15, 0.2) is 30.3 Å². The molecule has 1 atom stereocenters. The lowest BCUT2D eigenvalue weighted by atomic mass is 10.2. The lowest BCUT2D eigenvalue weighted by Gasteiger charge is -2.29. The summed E-state index contributed by atoms with van der Waals surface area (Å²) in [6.45, 7) is 5.40. The van der Waals surface area contributed by atoms with Crippen LogP contribution in [-0.4, -0.2) is 43.2 Å². The number of benzene rings is 1. The molecule has 1 unspecified atom stereocenters. The quantitative estimate of drug-likeness (QED) is 0.865. The lowest BCUT2D eigenvalue weighted by Crippen LogP contribution is -2.49. The second-order valence-electron chi connectivity index (χ2n) is 4.40. The molecule has 1 aromatic carbocycles. The molecule has 1 N–H and O–H groups in total. The number of ether oxygens (including phenoxy) is 1. The first-order valence-corrected chi connectivity index (χ1v) is 6.46. The van der Waals surface area contributed by atoms with Crippen molar-refractivity contribution in [2.24, 2.45) is 0 Å². The van der Waals surface area contributed by atoms with Crippen molar-refractivity contribution in [1.29, 1.82) is 0 Å². The van der Waals surface area contributed by atoms with Gasteiger partial charge in [-0.15, -0.1) is 0 Å². The van der Waals surface area contributed by atoms with Crippen molar-refractivity contribution in [1.82, 2.24) is 10.2 Å². The fourth-order valence-electron chi connectivity index (χ4n) is 2.08. The number of hydrogen-bond donors (Lipinski definition) is 1. The maximum atomic E-state index is 12.3. The van der Waals surface area contributed by atoms with E-state index in [2.05, 4.69) is 5.32 Å². The number of hydrogen-bond acceptors (Lipinski definition) is 3. The van der Waals surface area contributed by atoms with Crippen molar-refractivity contribution in [2.75, 3.05) is 26.2 Å². The van der Waals surface area contributed by atoms with Crippen LogP contribution in [0.2, 0.25) is 0 Å². The van der Waals surface area contributed by atoms with Gasteiger partial charge in [-0.3, -0.25) is 4.79 Å². The highest BCUT2D eigenvalue weighted by Crippen LogP contribution is 2.08. The van der Waals surface area contributed by atoms with E-state index in [9.17, 15) is 4.79 Å². The van der Waals surface area contributed by atoms with Gasteiger partial charge in [0.05, 0.1) is 6.61 Å². The molecule has 4 heteroatoms. The van der Waals surface area contributed by atoms with Gasteiger partial charge in [0.2, 0.25) is 0 Å². The first kappa shape index (κ1) is 13.1. The summed E-state index contributed by atoms with van der Waals surface area (Å²) in [5.74, 6) is 0.0774. The predicted octanol–water partition coefficient (Wildman–Crippen LogP) is 1.02. The summed E-state index contributed by atoms with van der Waals surface area (Å²) in [4.78, 5) is 14.1. The van der Waals surface area contributed by atoms with Crippen LogP contribution in [0.5, 0.6) is 0 Å². The topological polar surface area (TPSA) is 41.6 Å². The van der Waals surface area contributed by atoms with Gasteiger partial charge in [0.1, 0.15) is 6.10 Å². The minimum Gasteiger partial charge on any atom is -0.366 e. The van der Waals surface area contributed by atoms with E-state index in [1.165, 1.54) is 0 Å². The highest BCUT2D eigenvalue weighted by atomic mass is 16.5. The van der Waals surface area contributed by atoms with Crippen molar-refractivity contribution in [2.45, 2.75) is 19.6 Å². The average molecular weight is 248 g/mol. The number of likely N-dealkylation sites (N-methyl/N-ethyl adjacent to an activating group) is 1. The van der Waals surface area contributed by atoms with Gasteiger partial charge < -0.3 is 15.0 Å². The van der Waals surface area contributed by atoms with Crippen LogP contribution in [0.1, 0.15) is 12.5 Å². The maximum Gasteiger partial charge on any atom is 0.253 e. The molecule has 1 aromatic rings. The Bertz CT molecular complexity index is 375. The Labute approximate surface area is 108 Å². The number of nitrogens with one attached hydrogen (secondary N) is 1. The predicted molar refractivity (Wildman–Crippen MR) is 70.1 cm³/mol. The Hall–Kier alpha value is -1.39. The highest BCUT2D eigenvalue weighted by Gasteiger charge is 2.25. The molecule has 1 aliphatic heterocycles. The van der Waals surface area contributed by atoms with Gasteiger partial charge in [-0.1, -0.05) is 30.3 Å². The number of rotatable bonds is 4. The Morgan fingerprint density at radius 2 is 2.22 bits per heavy atom. The first-order chi connectivity index (χ1) is 8.81. The zero-order valence-corrected chi connectivity index (χ0v) is 10.8. The van der Waals surface area contributed by atoms with Gasteiger partial charge in [0, 0.05) is 26.2 Å². The van der Waals surface area contributed by atoms with E-state index in [1.54, 1.807) is 0 Å². The van der Waals surface area contributed by atoms with Gasteiger partial charge >= 0.3 is 0 Å². The summed E-state index contributed by atoms with van der Waals surface area (Å²) >= 11 is 0. The molecule has 0 aromatic heterocycles. The van der Waals surface area contributed by atoms with Gasteiger partial charge in [0.15, 0.2) is 0 Å². The van der Waals surface area contributed by atoms with Crippen molar-refractivity contribution in [3.8, 4) is 0 Å². The molecule has 0 saturated carbocycles. The number of carbonyl (C=O) groups is 1. The van der Waals surface area contributed by atoms with Crippen molar-refractivity contribution < 1.29 is 9.53 Å². The summed E-state index contributed by atoms with van der Waals surface area (Å²) in [6.07, 6.45) is -0.331. The molecule has 1 heterocycles. The second kappa shape index (κ2) is 6.52. The van der Waals surface area contributed by atoms with E-state index in [0.29, 0.717) is 26.2 Å². The van der Waals surface area contributed by atoms with Crippen molar-refractivity contribution in [3.05, 3.63) is 35.9 Å². The Morgan fingerprint density at radius 1 is 1.44 bits per heavy atom. The van der Waals surface area contributed by atoms with Gasteiger partial charge in [0.25, 0.3) is 5.91 Å². The molecule has 2 rings (SSSR count). The minimum absolute atomic E-state index is 0.0774. The third-order valence-electron chi connectivity index (χ3n) is 3.11. The fourth-order valence-corrected chi connectivity index (χ4v) is 2.08. The number of morpholine rings is 1. The third kappa shape index (κ3) is 3.31. The molecule has 1 fully saturated rings. The van der Waals surface area contributed by atoms with E-state index >= 15 is 0 Å². The monoisotopic (exact) mass is 248 g/mol. The summed E-state index contributed by atoms with van der Waals surface area (Å²) in [6, 6.07) is 10.0. The van der Waals surface area contributed by atoms with Gasteiger partial charge in [-0.25, -0.2) is 0 Å². The summed E-state index contributed by atoms with van der Waals surface area (Å²) in [5, 5.41) is 3.19. The lowest BCUT2D eigenvalue weighted by molar-refractivity contribution is -0.145. The smallest absolute Gasteiger partial charge is 0.253 e. The molecular formula is C14H20N2O2. The summed E-state index contributed by atoms with van der Waals surface area (Å²) < 4.78 is 5.51. The largest absolute Gasteiger partial charge is 0.366 e. The summed E-state index contributed by atoms with van der Waals surface area (Å²) in [5.41, 5.74) is 1.15. The Balaban J connectivity index is 1.97.